The molecule has 0 aromatic rings. The monoisotopic (exact) mass is 844 g/mol. The van der Waals surface area contributed by atoms with Crippen LogP contribution in [0, 0.1) is 46.3 Å². The first kappa shape index (κ1) is 48.2. The van der Waals surface area contributed by atoms with Crippen molar-refractivity contribution in [3.8, 4) is 0 Å². The van der Waals surface area contributed by atoms with Crippen LogP contribution in [0.5, 0.6) is 0 Å². The predicted molar refractivity (Wildman–Crippen MR) is 196 cm³/mol. The zero-order valence-corrected chi connectivity index (χ0v) is 37.0. The average Bonchev–Trinajstić information content (AvgIpc) is 3.40. The molecule has 2 saturated heterocycles. The van der Waals surface area contributed by atoms with Gasteiger partial charge in [0.25, 0.3) is 0 Å². The quantitative estimate of drug-likeness (QED) is 0.0447. The van der Waals surface area contributed by atoms with E-state index in [1.54, 1.807) is 0 Å². The zero-order chi connectivity index (χ0) is 41.1. The van der Waals surface area contributed by atoms with Crippen molar-refractivity contribution >= 4 is 10.4 Å². The Morgan fingerprint density at radius 3 is 2.21 bits per heavy atom. The topological polar surface area (TPSA) is 254 Å². The van der Waals surface area contributed by atoms with Gasteiger partial charge in [-0.15, -0.1) is 0 Å². The number of aliphatic hydroxyl groups excluding tert-OH is 6. The third kappa shape index (κ3) is 9.42. The molecule has 6 fully saturated rings. The van der Waals surface area contributed by atoms with Crippen molar-refractivity contribution in [2.75, 3.05) is 26.9 Å². The van der Waals surface area contributed by atoms with E-state index in [0.717, 1.165) is 31.3 Å². The van der Waals surface area contributed by atoms with Crippen molar-refractivity contribution in [3.63, 3.8) is 0 Å². The maximum absolute atomic E-state index is 12.6. The van der Waals surface area contributed by atoms with Crippen molar-refractivity contribution in [1.29, 1.82) is 0 Å². The van der Waals surface area contributed by atoms with Crippen molar-refractivity contribution in [2.45, 2.75) is 159 Å². The van der Waals surface area contributed by atoms with Crippen LogP contribution in [-0.2, 0) is 38.3 Å². The molecule has 18 heteroatoms. The molecule has 324 valence electrons. The van der Waals surface area contributed by atoms with Gasteiger partial charge >= 0.3 is 29.6 Å². The van der Waals surface area contributed by atoms with E-state index in [-0.39, 0.29) is 95.5 Å². The number of ether oxygens (including phenoxy) is 5. The third-order valence-electron chi connectivity index (χ3n) is 15.2. The minimum atomic E-state index is -5.32. The van der Waals surface area contributed by atoms with Gasteiger partial charge in [-0.05, 0) is 85.9 Å². The molecule has 0 amide bonds. The molecule has 6 aliphatic rings. The van der Waals surface area contributed by atoms with Crippen LogP contribution in [0.3, 0.4) is 0 Å². The molecule has 4 aliphatic carbocycles. The molecule has 6 rings (SSSR count). The Morgan fingerprint density at radius 1 is 0.895 bits per heavy atom. The molecule has 16 nitrogen and oxygen atoms in total. The van der Waals surface area contributed by atoms with Crippen molar-refractivity contribution in [3.05, 3.63) is 12.2 Å². The summed E-state index contributed by atoms with van der Waals surface area (Å²) in [5.41, 5.74) is -1.00. The minimum Gasteiger partial charge on any atom is -0.726 e. The second-order valence-electron chi connectivity index (χ2n) is 18.5. The Bertz CT molecular complexity index is 1490. The fourth-order valence-electron chi connectivity index (χ4n) is 12.2. The molecule has 4 saturated carbocycles. The van der Waals surface area contributed by atoms with Gasteiger partial charge in [0, 0.05) is 25.4 Å². The van der Waals surface area contributed by atoms with Gasteiger partial charge in [0.05, 0.1) is 43.7 Å². The Balaban J connectivity index is 0.00000620. The van der Waals surface area contributed by atoms with Crippen LogP contribution in [0.1, 0.15) is 85.5 Å². The molecule has 2 heterocycles. The standard InChI is InChI=1S/C39H66O16S.Na/c1-19(21(3)16-51-35-33(31(28(44)18-52-35)55-56(47,48)49)54-36-32(50-6)30(45)27(43)17-53-36)7-8-20(2)23-14-25(41)34-38(23,5)12-10-29-37(4)11-9-22(40)13-24(37)26(42)15-39(29,34)46;/h20-36,40-46H,1,7-18H2,2-6H3,(H,47,48,49);/q;+1/p-1/t20-,21?,22?,23-,24?,25?,26?,27-,28-,29-,30+,31+,32-,33-,34-,35-,36+,37+,38-,39+;/m1./s1. The summed E-state index contributed by atoms with van der Waals surface area (Å²) in [6.07, 6.45) is -7.73. The number of rotatable bonds is 13. The molecule has 0 aromatic heterocycles. The number of hydrogen-bond donors (Lipinski definition) is 7. The molecule has 0 radical (unpaired) electrons. The Morgan fingerprint density at radius 2 is 1.54 bits per heavy atom. The summed E-state index contributed by atoms with van der Waals surface area (Å²) in [4.78, 5) is 0. The summed E-state index contributed by atoms with van der Waals surface area (Å²) in [6, 6.07) is 0. The summed E-state index contributed by atoms with van der Waals surface area (Å²) in [5.74, 6) is -0.483. The third-order valence-corrected chi connectivity index (χ3v) is 15.6. The van der Waals surface area contributed by atoms with E-state index >= 15 is 0 Å². The second-order valence-corrected chi connectivity index (χ2v) is 19.5. The Kier molecular flexibility index (Phi) is 15.6. The zero-order valence-electron chi connectivity index (χ0n) is 34.2. The molecule has 0 spiro atoms. The van der Waals surface area contributed by atoms with E-state index in [4.69, 9.17) is 23.7 Å². The van der Waals surface area contributed by atoms with E-state index < -0.39 is 90.1 Å². The SMILES string of the molecule is C=C(CC[C@@H](C)[C@H]1CC(O)[C@@H]2[C@]1(C)CC[C@H]1[C@@]2(O)CC(O)C2CC(O)CC[C@@]21C)C(C)CO[C@@H]1OC[C@@H](O)[C@H](OS(=O)(=O)[O-])[C@H]1O[C@@H]1OC[C@@H](O)[C@H](O)[C@H]1OC.[Na+]. The van der Waals surface area contributed by atoms with E-state index in [1.807, 2.05) is 6.92 Å². The fourth-order valence-corrected chi connectivity index (χ4v) is 12.7. The normalized spacial score (nSPS) is 48.5. The van der Waals surface area contributed by atoms with Crippen molar-refractivity contribution in [1.82, 2.24) is 0 Å². The Hall–Kier alpha value is 0.130. The van der Waals surface area contributed by atoms with E-state index in [0.29, 0.717) is 25.7 Å². The molecule has 0 aromatic carbocycles. The number of hydrogen-bond acceptors (Lipinski definition) is 16. The second kappa shape index (κ2) is 18.5. The van der Waals surface area contributed by atoms with Crippen molar-refractivity contribution < 1.29 is 106 Å². The van der Waals surface area contributed by atoms with Gasteiger partial charge in [0.15, 0.2) is 12.6 Å². The Labute approximate surface area is 358 Å². The van der Waals surface area contributed by atoms with E-state index in [2.05, 4.69) is 31.5 Å². The molecule has 20 atom stereocenters. The van der Waals surface area contributed by atoms with Gasteiger partial charge in [-0.3, -0.25) is 4.18 Å². The van der Waals surface area contributed by atoms with Gasteiger partial charge < -0.3 is 64.0 Å². The smallest absolute Gasteiger partial charge is 0.726 e. The van der Waals surface area contributed by atoms with Gasteiger partial charge in [-0.25, -0.2) is 8.42 Å². The van der Waals surface area contributed by atoms with Gasteiger partial charge in [0.2, 0.25) is 10.4 Å². The maximum atomic E-state index is 12.6. The van der Waals surface area contributed by atoms with Crippen LogP contribution in [0.15, 0.2) is 12.2 Å². The van der Waals surface area contributed by atoms with Gasteiger partial charge in [0.1, 0.15) is 36.6 Å². The van der Waals surface area contributed by atoms with Gasteiger partial charge in [-0.1, -0.05) is 39.8 Å². The van der Waals surface area contributed by atoms with Crippen LogP contribution >= 0.6 is 0 Å². The molecule has 7 N–H and O–H groups in total. The predicted octanol–water partition coefficient (Wildman–Crippen LogP) is -2.27. The first-order chi connectivity index (χ1) is 26.1. The van der Waals surface area contributed by atoms with Crippen molar-refractivity contribution in [2.24, 2.45) is 46.3 Å². The number of methoxy groups -OCH3 is 1. The maximum Gasteiger partial charge on any atom is 1.00 e. The summed E-state index contributed by atoms with van der Waals surface area (Å²) in [7, 11) is -4.07. The average molecular weight is 845 g/mol. The largest absolute Gasteiger partial charge is 1.00 e. The minimum absolute atomic E-state index is 0. The van der Waals surface area contributed by atoms with Crippen LogP contribution in [0.25, 0.3) is 0 Å². The van der Waals surface area contributed by atoms with Gasteiger partial charge in [-0.2, -0.15) is 0 Å². The summed E-state index contributed by atoms with van der Waals surface area (Å²) < 4.78 is 68.1. The molecular weight excluding hydrogens is 779 g/mol. The summed E-state index contributed by atoms with van der Waals surface area (Å²) >= 11 is 0. The summed E-state index contributed by atoms with van der Waals surface area (Å²) in [6.45, 7) is 12.0. The number of aliphatic hydroxyl groups is 7. The first-order valence-corrected chi connectivity index (χ1v) is 21.6. The number of fused-ring (bicyclic) bond motifs is 5. The van der Waals surface area contributed by atoms with Crippen LogP contribution in [-0.4, -0.2) is 149 Å². The molecular formula is C39H65NaO16S. The van der Waals surface area contributed by atoms with Crippen LogP contribution in [0.2, 0.25) is 0 Å². The fraction of sp³-hybridized carbons (Fsp3) is 0.949. The molecule has 57 heavy (non-hydrogen) atoms. The molecule has 2 aliphatic heterocycles. The molecule has 5 unspecified atom stereocenters. The van der Waals surface area contributed by atoms with Crippen LogP contribution in [0.4, 0.5) is 0 Å². The van der Waals surface area contributed by atoms with E-state index in [9.17, 15) is 48.7 Å². The van der Waals surface area contributed by atoms with Crippen LogP contribution < -0.4 is 29.6 Å². The van der Waals surface area contributed by atoms with E-state index in [1.165, 1.54) is 7.11 Å². The first-order valence-electron chi connectivity index (χ1n) is 20.3. The molecule has 0 bridgehead atoms. The summed E-state index contributed by atoms with van der Waals surface area (Å²) in [5, 5.41) is 77.2.